The van der Waals surface area contributed by atoms with E-state index in [2.05, 4.69) is 15.3 Å². The molecule has 36 heavy (non-hydrogen) atoms. The normalized spacial score (nSPS) is 12.4. The molecule has 3 heterocycles. The number of pyridine rings is 1. The summed E-state index contributed by atoms with van der Waals surface area (Å²) in [5.74, 6) is -0.707. The van der Waals surface area contributed by atoms with E-state index >= 15 is 0 Å². The number of H-pyrrole nitrogens is 1. The van der Waals surface area contributed by atoms with Crippen LogP contribution < -0.4 is 5.32 Å². The summed E-state index contributed by atoms with van der Waals surface area (Å²) in [7, 11) is 0. The fourth-order valence-electron chi connectivity index (χ4n) is 4.10. The van der Waals surface area contributed by atoms with Crippen LogP contribution in [0.2, 0.25) is 0 Å². The van der Waals surface area contributed by atoms with Gasteiger partial charge in [-0.3, -0.25) is 4.79 Å². The van der Waals surface area contributed by atoms with Crippen molar-refractivity contribution in [3.8, 4) is 0 Å². The molecule has 0 aliphatic heterocycles. The highest BCUT2D eigenvalue weighted by molar-refractivity contribution is 6.07. The van der Waals surface area contributed by atoms with Gasteiger partial charge in [0.1, 0.15) is 11.3 Å². The van der Waals surface area contributed by atoms with E-state index in [-0.39, 0.29) is 22.2 Å². The van der Waals surface area contributed by atoms with Crippen LogP contribution in [0.5, 0.6) is 0 Å². The third-order valence-corrected chi connectivity index (χ3v) is 5.77. The number of hydrogen-bond acceptors (Lipinski definition) is 2. The zero-order valence-electron chi connectivity index (χ0n) is 18.2. The molecule has 5 aromatic rings. The summed E-state index contributed by atoms with van der Waals surface area (Å²) in [5, 5.41) is 3.62. The van der Waals surface area contributed by atoms with E-state index in [9.17, 15) is 31.1 Å². The lowest BCUT2D eigenvalue weighted by atomic mass is 10.1. The zero-order chi connectivity index (χ0) is 25.7. The smallest absolute Gasteiger partial charge is 0.346 e. The Morgan fingerprint density at radius 1 is 0.917 bits per heavy atom. The summed E-state index contributed by atoms with van der Waals surface area (Å²) in [4.78, 5) is 20.3. The Morgan fingerprint density at radius 3 is 2.44 bits per heavy atom. The molecule has 11 heteroatoms. The Labute approximate surface area is 199 Å². The molecule has 0 fully saturated rings. The van der Waals surface area contributed by atoms with Gasteiger partial charge in [-0.2, -0.15) is 26.3 Å². The number of carbonyl (C=O) groups is 1. The topological polar surface area (TPSA) is 62.7 Å². The fraction of sp³-hybridized carbons (Fsp3) is 0.120. The number of fused-ring (bicyclic) bond motifs is 2. The number of alkyl halides is 6. The average Bonchev–Trinajstić information content (AvgIpc) is 3.42. The van der Waals surface area contributed by atoms with E-state index in [1.165, 1.54) is 36.5 Å². The van der Waals surface area contributed by atoms with Gasteiger partial charge in [-0.25, -0.2) is 4.98 Å². The fourth-order valence-corrected chi connectivity index (χ4v) is 4.10. The van der Waals surface area contributed by atoms with Gasteiger partial charge in [0.05, 0.1) is 23.0 Å². The standard InChI is InChI=1S/C25H16F6N4O/c26-24(27,28)17-6-5-14-10-21(23(36)34-18-9-15-7-8-32-22(15)33-12-18)35(20(14)11-17)13-16-3-1-2-4-19(16)25(29,30)31/h1-12H,13H2,(H,32,33)(H,34,36). The molecule has 5 rings (SSSR count). The molecule has 184 valence electrons. The number of rotatable bonds is 4. The molecule has 1 amide bonds. The molecule has 0 aliphatic rings. The summed E-state index contributed by atoms with van der Waals surface area (Å²) in [6.07, 6.45) is -6.30. The molecule has 0 saturated heterocycles. The van der Waals surface area contributed by atoms with Crippen molar-refractivity contribution < 1.29 is 31.1 Å². The second-order valence-electron chi connectivity index (χ2n) is 8.14. The summed E-state index contributed by atoms with van der Waals surface area (Å²) in [6.45, 7) is -0.474. The average molecular weight is 502 g/mol. The minimum Gasteiger partial charge on any atom is -0.346 e. The van der Waals surface area contributed by atoms with Crippen LogP contribution in [0.4, 0.5) is 32.0 Å². The molecule has 5 nitrogen and oxygen atoms in total. The molecule has 0 bridgehead atoms. The number of aromatic amines is 1. The number of amides is 1. The maximum absolute atomic E-state index is 13.6. The number of hydrogen-bond donors (Lipinski definition) is 2. The quantitative estimate of drug-likeness (QED) is 0.264. The molecule has 0 radical (unpaired) electrons. The minimum atomic E-state index is -4.68. The highest BCUT2D eigenvalue weighted by atomic mass is 19.4. The molecule has 0 unspecified atom stereocenters. The van der Waals surface area contributed by atoms with Gasteiger partial charge in [0.15, 0.2) is 0 Å². The van der Waals surface area contributed by atoms with Crippen molar-refractivity contribution in [3.05, 3.63) is 95.4 Å². The number of benzene rings is 2. The molecule has 3 aromatic heterocycles. The lowest BCUT2D eigenvalue weighted by Gasteiger charge is -2.16. The second kappa shape index (κ2) is 8.43. The Morgan fingerprint density at radius 2 is 1.69 bits per heavy atom. The van der Waals surface area contributed by atoms with Crippen molar-refractivity contribution in [2.24, 2.45) is 0 Å². The van der Waals surface area contributed by atoms with Crippen LogP contribution in [0, 0.1) is 0 Å². The third kappa shape index (κ3) is 4.39. The number of nitrogens with zero attached hydrogens (tertiary/aromatic N) is 2. The Hall–Kier alpha value is -4.28. The van der Waals surface area contributed by atoms with Gasteiger partial charge in [0.25, 0.3) is 5.91 Å². The van der Waals surface area contributed by atoms with Crippen molar-refractivity contribution in [1.29, 1.82) is 0 Å². The van der Waals surface area contributed by atoms with Crippen LogP contribution in [0.25, 0.3) is 21.9 Å². The predicted molar refractivity (Wildman–Crippen MR) is 122 cm³/mol. The Bertz CT molecular complexity index is 1600. The first kappa shape index (κ1) is 23.5. The number of halogens is 6. The number of anilines is 1. The van der Waals surface area contributed by atoms with E-state index in [1.807, 2.05) is 0 Å². The Balaban J connectivity index is 1.62. The minimum absolute atomic E-state index is 0.0221. The van der Waals surface area contributed by atoms with Gasteiger partial charge in [-0.15, -0.1) is 0 Å². The summed E-state index contributed by atoms with van der Waals surface area (Å²) in [5.41, 5.74) is -1.33. The van der Waals surface area contributed by atoms with E-state index in [4.69, 9.17) is 0 Å². The van der Waals surface area contributed by atoms with Crippen LogP contribution in [0.15, 0.2) is 73.1 Å². The highest BCUT2D eigenvalue weighted by Crippen LogP contribution is 2.35. The first-order valence-electron chi connectivity index (χ1n) is 10.6. The number of carbonyl (C=O) groups excluding carboxylic acids is 1. The largest absolute Gasteiger partial charge is 0.416 e. The maximum Gasteiger partial charge on any atom is 0.416 e. The Kier molecular flexibility index (Phi) is 5.50. The molecular formula is C25H16F6N4O. The first-order chi connectivity index (χ1) is 17.0. The van der Waals surface area contributed by atoms with Crippen LogP contribution in [0.1, 0.15) is 27.2 Å². The van der Waals surface area contributed by atoms with E-state index in [1.54, 1.807) is 18.3 Å². The molecule has 0 spiro atoms. The maximum atomic E-state index is 13.6. The van der Waals surface area contributed by atoms with Crippen molar-refractivity contribution in [2.75, 3.05) is 5.32 Å². The number of aromatic nitrogens is 3. The summed E-state index contributed by atoms with van der Waals surface area (Å²) < 4.78 is 82.2. The van der Waals surface area contributed by atoms with Crippen LogP contribution >= 0.6 is 0 Å². The molecule has 2 N–H and O–H groups in total. The lowest BCUT2D eigenvalue weighted by Crippen LogP contribution is -2.19. The van der Waals surface area contributed by atoms with Crippen molar-refractivity contribution >= 4 is 33.5 Å². The van der Waals surface area contributed by atoms with Crippen molar-refractivity contribution in [3.63, 3.8) is 0 Å². The van der Waals surface area contributed by atoms with Crippen LogP contribution in [-0.4, -0.2) is 20.4 Å². The van der Waals surface area contributed by atoms with Gasteiger partial charge in [-0.05, 0) is 42.0 Å². The van der Waals surface area contributed by atoms with E-state index in [0.717, 1.165) is 22.8 Å². The predicted octanol–water partition coefficient (Wildman–Crippen LogP) is 6.86. The van der Waals surface area contributed by atoms with Crippen LogP contribution in [-0.2, 0) is 18.9 Å². The van der Waals surface area contributed by atoms with Gasteiger partial charge in [0.2, 0.25) is 0 Å². The zero-order valence-corrected chi connectivity index (χ0v) is 18.2. The summed E-state index contributed by atoms with van der Waals surface area (Å²) in [6, 6.07) is 12.4. The van der Waals surface area contributed by atoms with E-state index < -0.39 is 35.9 Å². The van der Waals surface area contributed by atoms with Gasteiger partial charge >= 0.3 is 12.4 Å². The molecular weight excluding hydrogens is 486 g/mol. The number of nitrogens with one attached hydrogen (secondary N) is 2. The molecule has 0 aliphatic carbocycles. The highest BCUT2D eigenvalue weighted by Gasteiger charge is 2.34. The van der Waals surface area contributed by atoms with Gasteiger partial charge in [-0.1, -0.05) is 24.3 Å². The van der Waals surface area contributed by atoms with Crippen molar-refractivity contribution in [2.45, 2.75) is 18.9 Å². The second-order valence-corrected chi connectivity index (χ2v) is 8.14. The lowest BCUT2D eigenvalue weighted by molar-refractivity contribution is -0.138. The van der Waals surface area contributed by atoms with Gasteiger partial charge < -0.3 is 14.9 Å². The van der Waals surface area contributed by atoms with E-state index in [0.29, 0.717) is 16.7 Å². The molecule has 0 atom stereocenters. The monoisotopic (exact) mass is 502 g/mol. The molecule has 2 aromatic carbocycles. The van der Waals surface area contributed by atoms with Gasteiger partial charge in [0, 0.05) is 29.0 Å². The summed E-state index contributed by atoms with van der Waals surface area (Å²) >= 11 is 0. The first-order valence-corrected chi connectivity index (χ1v) is 10.6. The SMILES string of the molecule is O=C(Nc1cnc2[nH]ccc2c1)c1cc2ccc(C(F)(F)F)cc2n1Cc1ccccc1C(F)(F)F. The van der Waals surface area contributed by atoms with Crippen molar-refractivity contribution in [1.82, 2.24) is 14.5 Å². The van der Waals surface area contributed by atoms with Crippen LogP contribution in [0.3, 0.4) is 0 Å². The molecule has 0 saturated carbocycles. The third-order valence-electron chi connectivity index (χ3n) is 5.77.